The van der Waals surface area contributed by atoms with Crippen molar-refractivity contribution in [2.75, 3.05) is 0 Å². The number of nitrogens with one attached hydrogen (secondary N) is 1. The van der Waals surface area contributed by atoms with Gasteiger partial charge in [0.25, 0.3) is 0 Å². The van der Waals surface area contributed by atoms with E-state index in [1.54, 1.807) is 0 Å². The minimum atomic E-state index is -1.27. The first-order valence-electron chi connectivity index (χ1n) is 8.34. The molecule has 0 aromatic heterocycles. The van der Waals surface area contributed by atoms with E-state index in [0.717, 1.165) is 18.4 Å². The molecule has 2 bridgehead atoms. The molecular weight excluding hydrogens is 274 g/mol. The molecule has 0 saturated carbocycles. The summed E-state index contributed by atoms with van der Waals surface area (Å²) in [5.41, 5.74) is 0.918. The number of carbonyl (C=O) groups excluding carboxylic acids is 1. The maximum atomic E-state index is 12.8. The Morgan fingerprint density at radius 3 is 2.14 bits per heavy atom. The molecule has 2 atom stereocenters. The molecule has 1 aromatic carbocycles. The lowest BCUT2D eigenvalue weighted by molar-refractivity contribution is 0.0825. The van der Waals surface area contributed by atoms with E-state index in [4.69, 9.17) is 0 Å². The summed E-state index contributed by atoms with van der Waals surface area (Å²) >= 11 is 0. The second kappa shape index (κ2) is 5.69. The van der Waals surface area contributed by atoms with Crippen LogP contribution in [0.3, 0.4) is 0 Å². The third-order valence-electron chi connectivity index (χ3n) is 5.12. The van der Waals surface area contributed by atoms with E-state index in [1.165, 1.54) is 24.4 Å². The van der Waals surface area contributed by atoms with Crippen molar-refractivity contribution in [3.8, 4) is 0 Å². The highest BCUT2D eigenvalue weighted by atomic mass is 28.3. The van der Waals surface area contributed by atoms with Crippen LogP contribution in [-0.4, -0.2) is 25.9 Å². The molecule has 2 heterocycles. The van der Waals surface area contributed by atoms with E-state index < -0.39 is 8.07 Å². The van der Waals surface area contributed by atoms with Crippen molar-refractivity contribution in [3.63, 3.8) is 0 Å². The normalized spacial score (nSPS) is 29.2. The highest BCUT2D eigenvalue weighted by Crippen LogP contribution is 2.31. The second-order valence-corrected chi connectivity index (χ2v) is 12.9. The number of fused-ring (bicyclic) bond motifs is 2. The second-order valence-electron chi connectivity index (χ2n) is 7.85. The number of hydrogen-bond acceptors (Lipinski definition) is 2. The smallest absolute Gasteiger partial charge is 0.166 e. The molecular formula is C18H27NOSi. The standard InChI is InChI=1S/C18H27NOSi/c1-21(2,3)17-9-7-13(8-10-17)18(20)14-11-15-5-4-6-16(12-14)19-15/h7-10,14-16,19H,4-6,11-12H2,1-3H3. The van der Waals surface area contributed by atoms with Gasteiger partial charge in [0.1, 0.15) is 0 Å². The molecule has 3 heteroatoms. The van der Waals surface area contributed by atoms with Crippen molar-refractivity contribution in [2.24, 2.45) is 5.92 Å². The van der Waals surface area contributed by atoms with Gasteiger partial charge in [0, 0.05) is 23.6 Å². The third kappa shape index (κ3) is 3.29. The zero-order valence-electron chi connectivity index (χ0n) is 13.5. The van der Waals surface area contributed by atoms with Gasteiger partial charge in [0.15, 0.2) is 5.78 Å². The molecule has 0 amide bonds. The molecule has 1 aromatic rings. The fourth-order valence-corrected chi connectivity index (χ4v) is 5.02. The molecule has 2 aliphatic rings. The molecule has 2 aliphatic heterocycles. The van der Waals surface area contributed by atoms with E-state index in [1.807, 2.05) is 0 Å². The molecule has 2 fully saturated rings. The summed E-state index contributed by atoms with van der Waals surface area (Å²) in [6.45, 7) is 7.04. The summed E-state index contributed by atoms with van der Waals surface area (Å²) in [5, 5.41) is 5.10. The van der Waals surface area contributed by atoms with E-state index >= 15 is 0 Å². The van der Waals surface area contributed by atoms with Gasteiger partial charge in [-0.2, -0.15) is 0 Å². The number of carbonyl (C=O) groups is 1. The fourth-order valence-electron chi connectivity index (χ4n) is 3.85. The molecule has 1 N–H and O–H groups in total. The van der Waals surface area contributed by atoms with E-state index in [9.17, 15) is 4.79 Å². The maximum absolute atomic E-state index is 12.8. The van der Waals surface area contributed by atoms with Crippen LogP contribution in [0, 0.1) is 5.92 Å². The summed E-state index contributed by atoms with van der Waals surface area (Å²) in [7, 11) is -1.27. The van der Waals surface area contributed by atoms with E-state index in [2.05, 4.69) is 49.2 Å². The summed E-state index contributed by atoms with van der Waals surface area (Å²) in [4.78, 5) is 12.8. The number of rotatable bonds is 3. The van der Waals surface area contributed by atoms with E-state index in [-0.39, 0.29) is 5.92 Å². The van der Waals surface area contributed by atoms with Gasteiger partial charge in [-0.25, -0.2) is 0 Å². The van der Waals surface area contributed by atoms with Gasteiger partial charge in [0.2, 0.25) is 0 Å². The minimum Gasteiger partial charge on any atom is -0.311 e. The molecule has 0 spiro atoms. The first-order chi connectivity index (χ1) is 9.93. The van der Waals surface area contributed by atoms with Crippen molar-refractivity contribution in [3.05, 3.63) is 29.8 Å². The zero-order valence-corrected chi connectivity index (χ0v) is 14.5. The van der Waals surface area contributed by atoms with Crippen LogP contribution in [0.4, 0.5) is 0 Å². The molecule has 3 rings (SSSR count). The lowest BCUT2D eigenvalue weighted by atomic mass is 9.77. The zero-order chi connectivity index (χ0) is 15.0. The molecule has 21 heavy (non-hydrogen) atoms. The Bertz CT molecular complexity index is 505. The van der Waals surface area contributed by atoms with Crippen molar-refractivity contribution >= 4 is 19.0 Å². The van der Waals surface area contributed by atoms with Crippen molar-refractivity contribution in [1.82, 2.24) is 5.32 Å². The van der Waals surface area contributed by atoms with Crippen LogP contribution in [0.2, 0.25) is 19.6 Å². The lowest BCUT2D eigenvalue weighted by Crippen LogP contribution is -2.50. The topological polar surface area (TPSA) is 29.1 Å². The lowest BCUT2D eigenvalue weighted by Gasteiger charge is -2.39. The monoisotopic (exact) mass is 301 g/mol. The Morgan fingerprint density at radius 2 is 1.62 bits per heavy atom. The molecule has 0 aliphatic carbocycles. The summed E-state index contributed by atoms with van der Waals surface area (Å²) in [6.07, 6.45) is 5.88. The van der Waals surface area contributed by atoms with Crippen LogP contribution in [0.5, 0.6) is 0 Å². The first kappa shape index (κ1) is 15.0. The van der Waals surface area contributed by atoms with Crippen LogP contribution in [0.15, 0.2) is 24.3 Å². The van der Waals surface area contributed by atoms with Crippen LogP contribution >= 0.6 is 0 Å². The van der Waals surface area contributed by atoms with Gasteiger partial charge in [-0.15, -0.1) is 0 Å². The Kier molecular flexibility index (Phi) is 4.06. The van der Waals surface area contributed by atoms with Crippen molar-refractivity contribution < 1.29 is 4.79 Å². The number of hydrogen-bond donors (Lipinski definition) is 1. The van der Waals surface area contributed by atoms with Gasteiger partial charge in [-0.3, -0.25) is 4.79 Å². The number of benzene rings is 1. The molecule has 2 saturated heterocycles. The fraction of sp³-hybridized carbons (Fsp3) is 0.611. The van der Waals surface area contributed by atoms with E-state index in [0.29, 0.717) is 17.9 Å². The average molecular weight is 302 g/mol. The highest BCUT2D eigenvalue weighted by molar-refractivity contribution is 6.88. The average Bonchev–Trinajstić information content (AvgIpc) is 2.45. The molecule has 2 nitrogen and oxygen atoms in total. The van der Waals surface area contributed by atoms with Crippen molar-refractivity contribution in [2.45, 2.75) is 63.8 Å². The minimum absolute atomic E-state index is 0.235. The molecule has 114 valence electrons. The maximum Gasteiger partial charge on any atom is 0.166 e. The number of ketones is 1. The number of Topliss-reactive ketones (excluding diaryl/α,β-unsaturated/α-hetero) is 1. The summed E-state index contributed by atoms with van der Waals surface area (Å²) in [5.74, 6) is 0.606. The largest absolute Gasteiger partial charge is 0.311 e. The van der Waals surface area contributed by atoms with Gasteiger partial charge < -0.3 is 5.32 Å². The summed E-state index contributed by atoms with van der Waals surface area (Å²) < 4.78 is 0. The highest BCUT2D eigenvalue weighted by Gasteiger charge is 2.34. The van der Waals surface area contributed by atoms with Crippen LogP contribution < -0.4 is 10.5 Å². The van der Waals surface area contributed by atoms with Gasteiger partial charge in [-0.1, -0.05) is 55.5 Å². The molecule has 2 unspecified atom stereocenters. The van der Waals surface area contributed by atoms with Gasteiger partial charge in [-0.05, 0) is 25.7 Å². The summed E-state index contributed by atoms with van der Waals surface area (Å²) in [6, 6.07) is 9.64. The quantitative estimate of drug-likeness (QED) is 0.685. The SMILES string of the molecule is C[Si](C)(C)c1ccc(C(=O)C2CC3CCCC(C2)N3)cc1. The van der Waals surface area contributed by atoms with Crippen LogP contribution in [0.25, 0.3) is 0 Å². The number of piperidine rings is 2. The predicted octanol–water partition coefficient (Wildman–Crippen LogP) is 3.34. The van der Waals surface area contributed by atoms with Crippen LogP contribution in [0.1, 0.15) is 42.5 Å². The Balaban J connectivity index is 1.73. The van der Waals surface area contributed by atoms with Gasteiger partial charge >= 0.3 is 0 Å². The van der Waals surface area contributed by atoms with Gasteiger partial charge in [0.05, 0.1) is 8.07 Å². The third-order valence-corrected chi connectivity index (χ3v) is 7.19. The van der Waals surface area contributed by atoms with Crippen LogP contribution in [-0.2, 0) is 0 Å². The molecule has 0 radical (unpaired) electrons. The Labute approximate surface area is 129 Å². The predicted molar refractivity (Wildman–Crippen MR) is 91.0 cm³/mol. The Hall–Kier alpha value is -0.933. The first-order valence-corrected chi connectivity index (χ1v) is 11.8. The van der Waals surface area contributed by atoms with Crippen molar-refractivity contribution in [1.29, 1.82) is 0 Å². The Morgan fingerprint density at radius 1 is 1.05 bits per heavy atom.